The van der Waals surface area contributed by atoms with E-state index in [4.69, 9.17) is 11.6 Å². The molecule has 1 saturated carbocycles. The fourth-order valence-electron chi connectivity index (χ4n) is 2.53. The maximum absolute atomic E-state index is 6.29. The Labute approximate surface area is 123 Å². The molecule has 1 aliphatic rings. The van der Waals surface area contributed by atoms with Gasteiger partial charge in [-0.25, -0.2) is 0 Å². The quantitative estimate of drug-likeness (QED) is 0.798. The lowest BCUT2D eigenvalue weighted by atomic mass is 10.0. The van der Waals surface area contributed by atoms with Crippen LogP contribution in [0.15, 0.2) is 41.8 Å². The molecule has 0 aliphatic heterocycles. The second-order valence-corrected chi connectivity index (χ2v) is 6.63. The van der Waals surface area contributed by atoms with Gasteiger partial charge in [0.15, 0.2) is 0 Å². The molecule has 0 bridgehead atoms. The number of nitrogens with one attached hydrogen (secondary N) is 1. The van der Waals surface area contributed by atoms with Gasteiger partial charge >= 0.3 is 0 Å². The molecule has 0 radical (unpaired) electrons. The molecule has 19 heavy (non-hydrogen) atoms. The molecular weight excluding hydrogens is 274 g/mol. The van der Waals surface area contributed by atoms with Crippen molar-refractivity contribution in [3.63, 3.8) is 0 Å². The first kappa shape index (κ1) is 13.2. The molecule has 2 atom stereocenters. The Kier molecular flexibility index (Phi) is 3.92. The lowest BCUT2D eigenvalue weighted by molar-refractivity contribution is 0.433. The van der Waals surface area contributed by atoms with Crippen LogP contribution in [0.2, 0.25) is 5.02 Å². The van der Waals surface area contributed by atoms with Gasteiger partial charge in [-0.05, 0) is 48.8 Å². The average Bonchev–Trinajstić information content (AvgIpc) is 3.11. The monoisotopic (exact) mass is 291 g/mol. The van der Waals surface area contributed by atoms with Crippen LogP contribution in [0, 0.1) is 5.92 Å². The summed E-state index contributed by atoms with van der Waals surface area (Å²) in [5.41, 5.74) is 1.19. The molecule has 1 N–H and O–H groups in total. The van der Waals surface area contributed by atoms with Crippen LogP contribution in [0.4, 0.5) is 0 Å². The Bertz CT molecular complexity index is 533. The summed E-state index contributed by atoms with van der Waals surface area (Å²) in [5, 5.41) is 6.77. The first-order valence-corrected chi connectivity index (χ1v) is 8.05. The molecule has 3 heteroatoms. The van der Waals surface area contributed by atoms with Gasteiger partial charge in [-0.15, -0.1) is 11.3 Å². The Balaban J connectivity index is 1.77. The highest BCUT2D eigenvalue weighted by Gasteiger charge is 2.33. The summed E-state index contributed by atoms with van der Waals surface area (Å²) in [6, 6.07) is 13.2. The normalized spacial score (nSPS) is 18.2. The summed E-state index contributed by atoms with van der Waals surface area (Å²) in [7, 11) is 0. The van der Waals surface area contributed by atoms with Crippen molar-refractivity contribution >= 4 is 22.9 Å². The van der Waals surface area contributed by atoms with E-state index in [0.29, 0.717) is 6.04 Å². The molecule has 0 amide bonds. The summed E-state index contributed by atoms with van der Waals surface area (Å²) in [5.74, 6) is 0.795. The van der Waals surface area contributed by atoms with Gasteiger partial charge in [0.25, 0.3) is 0 Å². The minimum atomic E-state index is 0.279. The van der Waals surface area contributed by atoms with Crippen LogP contribution in [0.1, 0.15) is 42.3 Å². The fourth-order valence-corrected chi connectivity index (χ4v) is 3.71. The van der Waals surface area contributed by atoms with Crippen LogP contribution < -0.4 is 5.32 Å². The number of rotatable bonds is 5. The molecular formula is C16H18ClNS. The van der Waals surface area contributed by atoms with Crippen LogP contribution in [0.3, 0.4) is 0 Å². The van der Waals surface area contributed by atoms with Gasteiger partial charge in [-0.3, -0.25) is 0 Å². The van der Waals surface area contributed by atoms with E-state index in [-0.39, 0.29) is 6.04 Å². The van der Waals surface area contributed by atoms with Gasteiger partial charge in [-0.1, -0.05) is 35.9 Å². The molecule has 0 saturated heterocycles. The minimum Gasteiger partial charge on any atom is -0.302 e. The third-order valence-electron chi connectivity index (χ3n) is 3.74. The third-order valence-corrected chi connectivity index (χ3v) is 5.04. The second-order valence-electron chi connectivity index (χ2n) is 5.24. The zero-order valence-corrected chi connectivity index (χ0v) is 12.5. The van der Waals surface area contributed by atoms with Crippen LogP contribution >= 0.6 is 22.9 Å². The fraction of sp³-hybridized carbons (Fsp3) is 0.375. The molecule has 0 spiro atoms. The first-order chi connectivity index (χ1) is 9.25. The lowest BCUT2D eigenvalue weighted by Crippen LogP contribution is -2.25. The Morgan fingerprint density at radius 1 is 1.21 bits per heavy atom. The number of hydrogen-bond acceptors (Lipinski definition) is 2. The lowest BCUT2D eigenvalue weighted by Gasteiger charge is -2.23. The second kappa shape index (κ2) is 5.66. The van der Waals surface area contributed by atoms with Crippen molar-refractivity contribution in [1.82, 2.24) is 5.32 Å². The largest absolute Gasteiger partial charge is 0.302 e. The zero-order chi connectivity index (χ0) is 13.2. The van der Waals surface area contributed by atoms with Gasteiger partial charge in [0.2, 0.25) is 0 Å². The van der Waals surface area contributed by atoms with Gasteiger partial charge in [0.05, 0.1) is 0 Å². The van der Waals surface area contributed by atoms with E-state index in [1.165, 1.54) is 23.3 Å². The van der Waals surface area contributed by atoms with Crippen LogP contribution in [-0.4, -0.2) is 0 Å². The Hall–Kier alpha value is -0.830. The zero-order valence-electron chi connectivity index (χ0n) is 11.0. The van der Waals surface area contributed by atoms with Crippen molar-refractivity contribution in [1.29, 1.82) is 0 Å². The number of benzene rings is 1. The van der Waals surface area contributed by atoms with E-state index >= 15 is 0 Å². The van der Waals surface area contributed by atoms with Crippen molar-refractivity contribution in [3.8, 4) is 0 Å². The summed E-state index contributed by atoms with van der Waals surface area (Å²) in [6.45, 7) is 2.20. The summed E-state index contributed by atoms with van der Waals surface area (Å²) in [4.78, 5) is 1.45. The SMILES string of the molecule is C[C@@H](NC(c1cccs1)C1CC1)c1ccccc1Cl. The molecule has 1 nitrogen and oxygen atoms in total. The van der Waals surface area contributed by atoms with E-state index in [9.17, 15) is 0 Å². The van der Waals surface area contributed by atoms with Crippen molar-refractivity contribution in [2.24, 2.45) is 5.92 Å². The van der Waals surface area contributed by atoms with Crippen LogP contribution in [0.5, 0.6) is 0 Å². The molecule has 3 rings (SSSR count). The van der Waals surface area contributed by atoms with E-state index in [2.05, 4.69) is 41.9 Å². The molecule has 1 heterocycles. The van der Waals surface area contributed by atoms with E-state index in [1.807, 2.05) is 23.5 Å². The van der Waals surface area contributed by atoms with Crippen molar-refractivity contribution < 1.29 is 0 Å². The van der Waals surface area contributed by atoms with Gasteiger partial charge < -0.3 is 5.32 Å². The van der Waals surface area contributed by atoms with Crippen molar-refractivity contribution in [2.75, 3.05) is 0 Å². The molecule has 1 aromatic heterocycles. The van der Waals surface area contributed by atoms with E-state index in [0.717, 1.165) is 10.9 Å². The molecule has 100 valence electrons. The van der Waals surface area contributed by atoms with Crippen molar-refractivity contribution in [3.05, 3.63) is 57.2 Å². The maximum Gasteiger partial charge on any atom is 0.0453 e. The van der Waals surface area contributed by atoms with E-state index in [1.54, 1.807) is 0 Å². The Morgan fingerprint density at radius 3 is 2.63 bits per heavy atom. The minimum absolute atomic E-state index is 0.279. The van der Waals surface area contributed by atoms with Crippen molar-refractivity contribution in [2.45, 2.75) is 31.8 Å². The van der Waals surface area contributed by atoms with E-state index < -0.39 is 0 Å². The van der Waals surface area contributed by atoms with Crippen LogP contribution in [-0.2, 0) is 0 Å². The summed E-state index contributed by atoms with van der Waals surface area (Å²) < 4.78 is 0. The topological polar surface area (TPSA) is 12.0 Å². The standard InChI is InChI=1S/C16H18ClNS/c1-11(13-5-2-3-6-14(13)17)18-16(12-8-9-12)15-7-4-10-19-15/h2-7,10-12,16,18H,8-9H2,1H3/t11-,16?/m1/s1. The van der Waals surface area contributed by atoms with Crippen LogP contribution in [0.25, 0.3) is 0 Å². The highest BCUT2D eigenvalue weighted by atomic mass is 35.5. The number of hydrogen-bond donors (Lipinski definition) is 1. The highest BCUT2D eigenvalue weighted by molar-refractivity contribution is 7.10. The first-order valence-electron chi connectivity index (χ1n) is 6.79. The molecule has 2 aromatic rings. The molecule has 1 aliphatic carbocycles. The highest BCUT2D eigenvalue weighted by Crippen LogP contribution is 2.43. The molecule has 1 unspecified atom stereocenters. The van der Waals surface area contributed by atoms with Gasteiger partial charge in [0.1, 0.15) is 0 Å². The third kappa shape index (κ3) is 3.02. The summed E-state index contributed by atoms with van der Waals surface area (Å²) in [6.07, 6.45) is 2.68. The maximum atomic E-state index is 6.29. The molecule has 1 aromatic carbocycles. The van der Waals surface area contributed by atoms with Gasteiger partial charge in [0, 0.05) is 22.0 Å². The predicted molar refractivity (Wildman–Crippen MR) is 82.8 cm³/mol. The van der Waals surface area contributed by atoms with Gasteiger partial charge in [-0.2, -0.15) is 0 Å². The number of halogens is 1. The number of thiophene rings is 1. The molecule has 1 fully saturated rings. The average molecular weight is 292 g/mol. The predicted octanol–water partition coefficient (Wildman–Crippen LogP) is 5.20. The summed E-state index contributed by atoms with van der Waals surface area (Å²) >= 11 is 8.13. The smallest absolute Gasteiger partial charge is 0.0453 e. The Morgan fingerprint density at radius 2 is 2.00 bits per heavy atom.